The highest BCUT2D eigenvalue weighted by Gasteiger charge is 2.26. The van der Waals surface area contributed by atoms with Crippen molar-refractivity contribution in [2.45, 2.75) is 65.2 Å². The largest absolute Gasteiger partial charge is 0.328 e. The van der Waals surface area contributed by atoms with Gasteiger partial charge in [-0.15, -0.1) is 0 Å². The molecule has 0 radical (unpaired) electrons. The SMILES string of the molecule is C=C(C(=O)N1CCCCCC1=O)c1cc(N=C=Nc2ccc(C)c(NC(=O)N3CCCCCC3=O)c2)ccc1C. The molecule has 40 heavy (non-hydrogen) atoms. The Labute approximate surface area is 234 Å². The normalized spacial score (nSPS) is 15.9. The van der Waals surface area contributed by atoms with E-state index in [-0.39, 0.29) is 23.3 Å². The molecule has 2 aliphatic rings. The third-order valence-corrected chi connectivity index (χ3v) is 7.26. The molecular weight excluding hydrogens is 506 g/mol. The molecule has 208 valence electrons. The van der Waals surface area contributed by atoms with Gasteiger partial charge in [0.05, 0.1) is 11.4 Å². The van der Waals surface area contributed by atoms with Crippen LogP contribution < -0.4 is 5.32 Å². The summed E-state index contributed by atoms with van der Waals surface area (Å²) in [6.45, 7) is 8.56. The number of carbonyl (C=O) groups excluding carboxylic acids is 4. The van der Waals surface area contributed by atoms with E-state index in [0.29, 0.717) is 48.6 Å². The Morgan fingerprint density at radius 2 is 1.38 bits per heavy atom. The van der Waals surface area contributed by atoms with E-state index in [0.717, 1.165) is 49.7 Å². The summed E-state index contributed by atoms with van der Waals surface area (Å²) in [6.07, 6.45) is 5.82. The first-order chi connectivity index (χ1) is 19.2. The first-order valence-electron chi connectivity index (χ1n) is 13.8. The second-order valence-corrected chi connectivity index (χ2v) is 10.2. The van der Waals surface area contributed by atoms with E-state index in [4.69, 9.17) is 0 Å². The van der Waals surface area contributed by atoms with Crippen LogP contribution >= 0.6 is 0 Å². The Morgan fingerprint density at radius 3 is 2.05 bits per heavy atom. The number of likely N-dealkylation sites (tertiary alicyclic amines) is 2. The second-order valence-electron chi connectivity index (χ2n) is 10.2. The van der Waals surface area contributed by atoms with Gasteiger partial charge >= 0.3 is 6.03 Å². The first kappa shape index (κ1) is 28.6. The van der Waals surface area contributed by atoms with E-state index in [1.165, 1.54) is 9.80 Å². The fourth-order valence-electron chi connectivity index (χ4n) is 4.81. The smallest absolute Gasteiger partial charge is 0.307 e. The van der Waals surface area contributed by atoms with Crippen molar-refractivity contribution in [2.75, 3.05) is 18.4 Å². The maximum absolute atomic E-state index is 13.1. The molecule has 0 unspecified atom stereocenters. The predicted molar refractivity (Wildman–Crippen MR) is 155 cm³/mol. The number of rotatable bonds is 5. The lowest BCUT2D eigenvalue weighted by Crippen LogP contribution is -2.39. The molecule has 2 saturated heterocycles. The average Bonchev–Trinajstić information content (AvgIpc) is 3.29. The molecule has 5 amide bonds. The Bertz CT molecular complexity index is 1410. The highest BCUT2D eigenvalue weighted by molar-refractivity contribution is 6.23. The van der Waals surface area contributed by atoms with E-state index >= 15 is 0 Å². The summed E-state index contributed by atoms with van der Waals surface area (Å²) in [5.41, 5.74) is 4.16. The number of aliphatic imine (C=N–C) groups is 2. The highest BCUT2D eigenvalue weighted by atomic mass is 16.2. The summed E-state index contributed by atoms with van der Waals surface area (Å²) < 4.78 is 0. The van der Waals surface area contributed by atoms with Gasteiger partial charge < -0.3 is 5.32 Å². The Hall–Kier alpha value is -4.36. The molecular formula is C31H35N5O4. The van der Waals surface area contributed by atoms with Crippen molar-refractivity contribution in [3.8, 4) is 0 Å². The molecule has 0 saturated carbocycles. The molecule has 9 heteroatoms. The van der Waals surface area contributed by atoms with Gasteiger partial charge in [0.2, 0.25) is 11.8 Å². The fourth-order valence-corrected chi connectivity index (χ4v) is 4.81. The summed E-state index contributed by atoms with van der Waals surface area (Å²) in [4.78, 5) is 61.7. The van der Waals surface area contributed by atoms with Gasteiger partial charge in [0.1, 0.15) is 6.01 Å². The predicted octanol–water partition coefficient (Wildman–Crippen LogP) is 6.32. The van der Waals surface area contributed by atoms with Crippen LogP contribution in [0.25, 0.3) is 5.57 Å². The van der Waals surface area contributed by atoms with Gasteiger partial charge in [0.15, 0.2) is 0 Å². The van der Waals surface area contributed by atoms with E-state index < -0.39 is 6.03 Å². The lowest BCUT2D eigenvalue weighted by atomic mass is 10.00. The number of aryl methyl sites for hydroxylation is 2. The van der Waals surface area contributed by atoms with Crippen LogP contribution in [-0.2, 0) is 14.4 Å². The highest BCUT2D eigenvalue weighted by Crippen LogP contribution is 2.27. The molecule has 2 fully saturated rings. The summed E-state index contributed by atoms with van der Waals surface area (Å²) >= 11 is 0. The van der Waals surface area contributed by atoms with Crippen LogP contribution in [0, 0.1) is 13.8 Å². The number of benzene rings is 2. The molecule has 0 bridgehead atoms. The number of anilines is 1. The number of carbonyl (C=O) groups is 4. The molecule has 0 aliphatic carbocycles. The van der Waals surface area contributed by atoms with Crippen molar-refractivity contribution in [3.05, 3.63) is 59.7 Å². The third-order valence-electron chi connectivity index (χ3n) is 7.26. The lowest BCUT2D eigenvalue weighted by molar-refractivity contribution is -0.141. The van der Waals surface area contributed by atoms with Crippen LogP contribution in [0.5, 0.6) is 0 Å². The number of urea groups is 1. The quantitative estimate of drug-likeness (QED) is 0.353. The first-order valence-corrected chi connectivity index (χ1v) is 13.8. The van der Waals surface area contributed by atoms with E-state index in [9.17, 15) is 19.2 Å². The molecule has 2 aromatic rings. The summed E-state index contributed by atoms with van der Waals surface area (Å²) in [6, 6.07) is 12.9. The molecule has 2 aromatic carbocycles. The van der Waals surface area contributed by atoms with Gasteiger partial charge in [-0.05, 0) is 80.5 Å². The van der Waals surface area contributed by atoms with E-state index in [1.54, 1.807) is 24.3 Å². The van der Waals surface area contributed by atoms with Crippen LogP contribution in [0.4, 0.5) is 21.9 Å². The number of hydrogen-bond acceptors (Lipinski definition) is 6. The molecule has 2 aliphatic heterocycles. The maximum atomic E-state index is 13.1. The third kappa shape index (κ3) is 6.98. The van der Waals surface area contributed by atoms with Gasteiger partial charge in [-0.3, -0.25) is 24.2 Å². The van der Waals surface area contributed by atoms with Crippen LogP contribution in [0.15, 0.2) is 53.0 Å². The van der Waals surface area contributed by atoms with Gasteiger partial charge in [0, 0.05) is 37.2 Å². The lowest BCUT2D eigenvalue weighted by Gasteiger charge is -2.20. The molecule has 0 spiro atoms. The summed E-state index contributed by atoms with van der Waals surface area (Å²) in [5.74, 6) is -0.691. The molecule has 0 aromatic heterocycles. The molecule has 1 N–H and O–H groups in total. The summed E-state index contributed by atoms with van der Waals surface area (Å²) in [7, 11) is 0. The van der Waals surface area contributed by atoms with Crippen LogP contribution in [0.2, 0.25) is 0 Å². The molecule has 0 atom stereocenters. The monoisotopic (exact) mass is 541 g/mol. The van der Waals surface area contributed by atoms with Crippen LogP contribution in [0.1, 0.15) is 68.1 Å². The van der Waals surface area contributed by atoms with Gasteiger partial charge in [-0.1, -0.05) is 31.6 Å². The van der Waals surface area contributed by atoms with Crippen molar-refractivity contribution < 1.29 is 19.2 Å². The van der Waals surface area contributed by atoms with E-state index in [2.05, 4.69) is 27.9 Å². The van der Waals surface area contributed by atoms with Gasteiger partial charge in [0.25, 0.3) is 5.91 Å². The number of imide groups is 2. The van der Waals surface area contributed by atoms with Crippen molar-refractivity contribution in [2.24, 2.45) is 9.98 Å². The number of amides is 5. The zero-order valence-corrected chi connectivity index (χ0v) is 23.2. The summed E-state index contributed by atoms with van der Waals surface area (Å²) in [5, 5.41) is 2.84. The van der Waals surface area contributed by atoms with Crippen molar-refractivity contribution in [3.63, 3.8) is 0 Å². The Kier molecular flexibility index (Phi) is 9.40. The van der Waals surface area contributed by atoms with Crippen molar-refractivity contribution in [1.82, 2.24) is 9.80 Å². The zero-order chi connectivity index (χ0) is 28.6. The van der Waals surface area contributed by atoms with E-state index in [1.807, 2.05) is 26.0 Å². The number of nitrogens with zero attached hydrogens (tertiary/aromatic N) is 4. The molecule has 2 heterocycles. The minimum Gasteiger partial charge on any atom is -0.307 e. The van der Waals surface area contributed by atoms with Crippen LogP contribution in [0.3, 0.4) is 0 Å². The fraction of sp³-hybridized carbons (Fsp3) is 0.387. The minimum absolute atomic E-state index is 0.158. The topological polar surface area (TPSA) is 112 Å². The maximum Gasteiger partial charge on any atom is 0.328 e. The van der Waals surface area contributed by atoms with Gasteiger partial charge in [-0.2, -0.15) is 9.98 Å². The average molecular weight is 542 g/mol. The number of hydrogen-bond donors (Lipinski definition) is 1. The number of nitrogens with one attached hydrogen (secondary N) is 1. The minimum atomic E-state index is -0.436. The Balaban J connectivity index is 1.49. The molecule has 4 rings (SSSR count). The standard InChI is InChI=1S/C31H35N5O4/c1-21-12-14-24(18-26(21)23(3)30(39)35-16-8-4-6-10-28(35)37)32-20-33-25-15-13-22(2)27(19-25)34-31(40)36-17-9-5-7-11-29(36)38/h12-15,18-19H,3-11,16-17H2,1-2H3,(H,34,40). The second kappa shape index (κ2) is 13.1. The van der Waals surface area contributed by atoms with Crippen LogP contribution in [-0.4, -0.2) is 52.7 Å². The molecule has 9 nitrogen and oxygen atoms in total. The Morgan fingerprint density at radius 1 is 0.800 bits per heavy atom. The van der Waals surface area contributed by atoms with Gasteiger partial charge in [-0.25, -0.2) is 4.79 Å². The van der Waals surface area contributed by atoms with Crippen molar-refractivity contribution >= 4 is 52.4 Å². The zero-order valence-electron chi connectivity index (χ0n) is 23.2. The van der Waals surface area contributed by atoms with Crippen molar-refractivity contribution in [1.29, 1.82) is 0 Å².